The highest BCUT2D eigenvalue weighted by Gasteiger charge is 2.12. The minimum absolute atomic E-state index is 0.00110. The topological polar surface area (TPSA) is 41.1 Å². The molecule has 1 atom stereocenters. The van der Waals surface area contributed by atoms with E-state index in [1.165, 1.54) is 0 Å². The van der Waals surface area contributed by atoms with Crippen LogP contribution in [0.25, 0.3) is 0 Å². The summed E-state index contributed by atoms with van der Waals surface area (Å²) in [6.07, 6.45) is 0. The van der Waals surface area contributed by atoms with E-state index in [0.29, 0.717) is 6.54 Å². The Balaban J connectivity index is 2.49. The highest BCUT2D eigenvalue weighted by atomic mass is 19.1. The summed E-state index contributed by atoms with van der Waals surface area (Å²) in [6, 6.07) is 3.19. The summed E-state index contributed by atoms with van der Waals surface area (Å²) in [6.45, 7) is 5.08. The molecule has 0 bridgehead atoms. The average Bonchev–Trinajstić information content (AvgIpc) is 2.36. The molecule has 0 aliphatic rings. The van der Waals surface area contributed by atoms with Gasteiger partial charge in [0.15, 0.2) is 0 Å². The molecule has 1 unspecified atom stereocenters. The van der Waals surface area contributed by atoms with Crippen molar-refractivity contribution in [1.82, 2.24) is 10.6 Å². The molecular weight excluding hydrogens is 238 g/mol. The summed E-state index contributed by atoms with van der Waals surface area (Å²) in [5, 5.41) is 5.64. The van der Waals surface area contributed by atoms with Crippen LogP contribution in [0.2, 0.25) is 0 Å². The van der Waals surface area contributed by atoms with Gasteiger partial charge < -0.3 is 10.6 Å². The van der Waals surface area contributed by atoms with Crippen molar-refractivity contribution in [2.45, 2.75) is 20.4 Å². The standard InChI is InChI=1S/C13H18F2N2O/c1-3-16-7-9(2)13(18)17-8-10-6-11(14)4-5-12(10)15/h4-6,9,16H,3,7-8H2,1-2H3,(H,17,18). The normalized spacial score (nSPS) is 12.2. The summed E-state index contributed by atoms with van der Waals surface area (Å²) >= 11 is 0. The Morgan fingerprint density at radius 1 is 1.39 bits per heavy atom. The monoisotopic (exact) mass is 256 g/mol. The van der Waals surface area contributed by atoms with Gasteiger partial charge in [-0.3, -0.25) is 4.79 Å². The molecule has 1 aromatic rings. The van der Waals surface area contributed by atoms with Gasteiger partial charge in [0.2, 0.25) is 5.91 Å². The van der Waals surface area contributed by atoms with Crippen LogP contribution < -0.4 is 10.6 Å². The van der Waals surface area contributed by atoms with Gasteiger partial charge in [0, 0.05) is 24.6 Å². The Labute approximate surface area is 106 Å². The van der Waals surface area contributed by atoms with Gasteiger partial charge in [-0.05, 0) is 24.7 Å². The molecule has 18 heavy (non-hydrogen) atoms. The Hall–Kier alpha value is -1.49. The van der Waals surface area contributed by atoms with Gasteiger partial charge in [-0.15, -0.1) is 0 Å². The lowest BCUT2D eigenvalue weighted by molar-refractivity contribution is -0.124. The largest absolute Gasteiger partial charge is 0.352 e. The van der Waals surface area contributed by atoms with Crippen LogP contribution in [0.4, 0.5) is 8.78 Å². The molecule has 0 aliphatic heterocycles. The first-order valence-electron chi connectivity index (χ1n) is 5.97. The Morgan fingerprint density at radius 2 is 2.11 bits per heavy atom. The van der Waals surface area contributed by atoms with Gasteiger partial charge in [-0.2, -0.15) is 0 Å². The smallest absolute Gasteiger partial charge is 0.224 e. The predicted molar refractivity (Wildman–Crippen MR) is 65.9 cm³/mol. The van der Waals surface area contributed by atoms with E-state index < -0.39 is 11.6 Å². The van der Waals surface area contributed by atoms with Crippen LogP contribution in [0, 0.1) is 17.6 Å². The second-order valence-electron chi connectivity index (χ2n) is 4.16. The van der Waals surface area contributed by atoms with Crippen molar-refractivity contribution >= 4 is 5.91 Å². The van der Waals surface area contributed by atoms with Gasteiger partial charge in [0.05, 0.1) is 0 Å². The number of hydrogen-bond donors (Lipinski definition) is 2. The first kappa shape index (κ1) is 14.6. The minimum Gasteiger partial charge on any atom is -0.352 e. The van der Waals surface area contributed by atoms with E-state index in [9.17, 15) is 13.6 Å². The van der Waals surface area contributed by atoms with Gasteiger partial charge >= 0.3 is 0 Å². The lowest BCUT2D eigenvalue weighted by Gasteiger charge is -2.12. The minimum atomic E-state index is -0.518. The van der Waals surface area contributed by atoms with Crippen LogP contribution in [0.1, 0.15) is 19.4 Å². The molecule has 1 amide bonds. The maximum absolute atomic E-state index is 13.3. The molecule has 0 saturated heterocycles. The number of carbonyl (C=O) groups excluding carboxylic acids is 1. The number of nitrogens with one attached hydrogen (secondary N) is 2. The van der Waals surface area contributed by atoms with Crippen LogP contribution in [-0.4, -0.2) is 19.0 Å². The summed E-state index contributed by atoms with van der Waals surface area (Å²) in [5.41, 5.74) is 0.152. The molecule has 0 saturated carbocycles. The summed E-state index contributed by atoms with van der Waals surface area (Å²) in [7, 11) is 0. The molecule has 1 rings (SSSR count). The molecule has 2 N–H and O–H groups in total. The number of halogens is 2. The molecule has 0 radical (unpaired) electrons. The van der Waals surface area contributed by atoms with Crippen molar-refractivity contribution in [2.24, 2.45) is 5.92 Å². The number of amides is 1. The SMILES string of the molecule is CCNCC(C)C(=O)NCc1cc(F)ccc1F. The average molecular weight is 256 g/mol. The summed E-state index contributed by atoms with van der Waals surface area (Å²) in [4.78, 5) is 11.7. The van der Waals surface area contributed by atoms with E-state index in [1.807, 2.05) is 6.92 Å². The molecule has 0 heterocycles. The highest BCUT2D eigenvalue weighted by Crippen LogP contribution is 2.09. The second-order valence-corrected chi connectivity index (χ2v) is 4.16. The van der Waals surface area contributed by atoms with Gasteiger partial charge in [-0.1, -0.05) is 13.8 Å². The third kappa shape index (κ3) is 4.41. The Bertz CT molecular complexity index is 410. The van der Waals surface area contributed by atoms with Gasteiger partial charge in [-0.25, -0.2) is 8.78 Å². The zero-order chi connectivity index (χ0) is 13.5. The zero-order valence-electron chi connectivity index (χ0n) is 10.6. The van der Waals surface area contributed by atoms with Crippen LogP contribution in [0.15, 0.2) is 18.2 Å². The molecule has 100 valence electrons. The summed E-state index contributed by atoms with van der Waals surface area (Å²) < 4.78 is 26.2. The number of carbonyl (C=O) groups is 1. The molecule has 3 nitrogen and oxygen atoms in total. The molecule has 5 heteroatoms. The van der Waals surface area contributed by atoms with Crippen molar-refractivity contribution < 1.29 is 13.6 Å². The van der Waals surface area contributed by atoms with Crippen molar-refractivity contribution in [2.75, 3.05) is 13.1 Å². The first-order valence-corrected chi connectivity index (χ1v) is 5.97. The molecular formula is C13H18F2N2O. The molecule has 1 aromatic carbocycles. The van der Waals surface area contributed by atoms with Crippen LogP contribution in [-0.2, 0) is 11.3 Å². The first-order chi connectivity index (χ1) is 8.54. The highest BCUT2D eigenvalue weighted by molar-refractivity contribution is 5.78. The van der Waals surface area contributed by atoms with Crippen LogP contribution >= 0.6 is 0 Å². The van der Waals surface area contributed by atoms with Crippen molar-refractivity contribution in [1.29, 1.82) is 0 Å². The van der Waals surface area contributed by atoms with E-state index >= 15 is 0 Å². The Kier molecular flexibility index (Phi) is 5.71. The maximum Gasteiger partial charge on any atom is 0.224 e. The van der Waals surface area contributed by atoms with E-state index in [1.54, 1.807) is 6.92 Å². The van der Waals surface area contributed by atoms with Crippen LogP contribution in [0.3, 0.4) is 0 Å². The van der Waals surface area contributed by atoms with Crippen molar-refractivity contribution in [3.8, 4) is 0 Å². The third-order valence-corrected chi connectivity index (χ3v) is 2.61. The van der Waals surface area contributed by atoms with Crippen LogP contribution in [0.5, 0.6) is 0 Å². The zero-order valence-corrected chi connectivity index (χ0v) is 10.6. The van der Waals surface area contributed by atoms with Gasteiger partial charge in [0.25, 0.3) is 0 Å². The second kappa shape index (κ2) is 7.06. The molecule has 0 aromatic heterocycles. The van der Waals surface area contributed by atoms with Crippen molar-refractivity contribution in [3.05, 3.63) is 35.4 Å². The Morgan fingerprint density at radius 3 is 2.78 bits per heavy atom. The molecule has 0 fully saturated rings. The fourth-order valence-electron chi connectivity index (χ4n) is 1.49. The van der Waals surface area contributed by atoms with Gasteiger partial charge in [0.1, 0.15) is 11.6 Å². The molecule has 0 spiro atoms. The quantitative estimate of drug-likeness (QED) is 0.815. The predicted octanol–water partition coefficient (Wildman–Crippen LogP) is 1.83. The summed E-state index contributed by atoms with van der Waals surface area (Å²) in [5.74, 6) is -1.42. The third-order valence-electron chi connectivity index (χ3n) is 2.61. The van der Waals surface area contributed by atoms with Crippen molar-refractivity contribution in [3.63, 3.8) is 0 Å². The van der Waals surface area contributed by atoms with E-state index in [-0.39, 0.29) is 23.9 Å². The van der Waals surface area contributed by atoms with E-state index in [2.05, 4.69) is 10.6 Å². The maximum atomic E-state index is 13.3. The fraction of sp³-hybridized carbons (Fsp3) is 0.462. The number of rotatable bonds is 6. The van der Waals surface area contributed by atoms with E-state index in [4.69, 9.17) is 0 Å². The number of hydrogen-bond acceptors (Lipinski definition) is 2. The molecule has 0 aliphatic carbocycles. The lowest BCUT2D eigenvalue weighted by atomic mass is 10.1. The van der Waals surface area contributed by atoms with E-state index in [0.717, 1.165) is 24.7 Å². The fourth-order valence-corrected chi connectivity index (χ4v) is 1.49. The number of benzene rings is 1. The lowest BCUT2D eigenvalue weighted by Crippen LogP contribution is -2.35.